The van der Waals surface area contributed by atoms with Crippen LogP contribution in [0, 0.1) is 0 Å². The van der Waals surface area contributed by atoms with Crippen molar-refractivity contribution in [3.8, 4) is 17.2 Å². The summed E-state index contributed by atoms with van der Waals surface area (Å²) in [4.78, 5) is 4.37. The first-order chi connectivity index (χ1) is 12.7. The lowest BCUT2D eigenvalue weighted by molar-refractivity contribution is 0.340. The fraction of sp³-hybridized carbons (Fsp3) is 0.350. The molecule has 0 radical (unpaired) electrons. The lowest BCUT2D eigenvalue weighted by Crippen LogP contribution is -2.33. The van der Waals surface area contributed by atoms with Gasteiger partial charge in [-0.3, -0.25) is 0 Å². The van der Waals surface area contributed by atoms with E-state index in [0.717, 1.165) is 34.8 Å². The molecule has 2 aromatic rings. The summed E-state index contributed by atoms with van der Waals surface area (Å²) in [5.41, 5.74) is 8.14. The molecule has 26 heavy (non-hydrogen) atoms. The van der Waals surface area contributed by atoms with Gasteiger partial charge in [0.25, 0.3) is 0 Å². The minimum Gasteiger partial charge on any atom is -0.494 e. The molecule has 140 valence electrons. The predicted molar refractivity (Wildman–Crippen MR) is 104 cm³/mol. The number of hydrogen-bond donors (Lipinski definition) is 2. The predicted octanol–water partition coefficient (Wildman–Crippen LogP) is 2.75. The van der Waals surface area contributed by atoms with E-state index in [1.54, 1.807) is 14.2 Å². The van der Waals surface area contributed by atoms with Gasteiger partial charge in [0, 0.05) is 6.54 Å². The summed E-state index contributed by atoms with van der Waals surface area (Å²) in [6.07, 6.45) is 0.802. The van der Waals surface area contributed by atoms with Gasteiger partial charge in [0.2, 0.25) is 0 Å². The fourth-order valence-electron chi connectivity index (χ4n) is 2.50. The van der Waals surface area contributed by atoms with Gasteiger partial charge in [0.1, 0.15) is 5.75 Å². The molecule has 0 atom stereocenters. The molecule has 0 aliphatic carbocycles. The van der Waals surface area contributed by atoms with Crippen molar-refractivity contribution in [1.29, 1.82) is 0 Å². The summed E-state index contributed by atoms with van der Waals surface area (Å²) in [5.74, 6) is 2.72. The van der Waals surface area contributed by atoms with Gasteiger partial charge in [0.05, 0.1) is 27.4 Å². The van der Waals surface area contributed by atoms with E-state index in [4.69, 9.17) is 19.9 Å². The maximum atomic E-state index is 5.95. The summed E-state index contributed by atoms with van der Waals surface area (Å²) in [6.45, 7) is 3.80. The minimum absolute atomic E-state index is 0.423. The van der Waals surface area contributed by atoms with Crippen molar-refractivity contribution in [2.75, 3.05) is 27.4 Å². The number of hydrogen-bond acceptors (Lipinski definition) is 4. The summed E-state index contributed by atoms with van der Waals surface area (Å²) < 4.78 is 16.0. The smallest absolute Gasteiger partial charge is 0.188 e. The zero-order valence-corrected chi connectivity index (χ0v) is 15.6. The lowest BCUT2D eigenvalue weighted by Gasteiger charge is -2.10. The molecule has 6 nitrogen and oxygen atoms in total. The lowest BCUT2D eigenvalue weighted by atomic mass is 10.1. The normalized spacial score (nSPS) is 11.1. The van der Waals surface area contributed by atoms with Gasteiger partial charge in [-0.1, -0.05) is 18.2 Å². The van der Waals surface area contributed by atoms with E-state index in [1.807, 2.05) is 49.4 Å². The molecular formula is C20H27N3O3. The Bertz CT molecular complexity index is 732. The maximum Gasteiger partial charge on any atom is 0.188 e. The first kappa shape index (κ1) is 19.4. The Balaban J connectivity index is 1.83. The molecule has 0 aliphatic heterocycles. The summed E-state index contributed by atoms with van der Waals surface area (Å²) in [5, 5.41) is 3.13. The molecule has 2 aromatic carbocycles. The van der Waals surface area contributed by atoms with Gasteiger partial charge in [-0.05, 0) is 48.7 Å². The Kier molecular flexibility index (Phi) is 7.61. The van der Waals surface area contributed by atoms with Crippen LogP contribution in [0.5, 0.6) is 17.2 Å². The van der Waals surface area contributed by atoms with Gasteiger partial charge in [-0.25, -0.2) is 4.99 Å². The first-order valence-corrected chi connectivity index (χ1v) is 8.62. The van der Waals surface area contributed by atoms with Crippen LogP contribution < -0.4 is 25.3 Å². The Morgan fingerprint density at radius 2 is 1.85 bits per heavy atom. The number of ether oxygens (including phenoxy) is 3. The van der Waals surface area contributed by atoms with Gasteiger partial charge < -0.3 is 25.3 Å². The van der Waals surface area contributed by atoms with E-state index in [1.165, 1.54) is 0 Å². The number of nitrogens with zero attached hydrogens (tertiary/aromatic N) is 1. The van der Waals surface area contributed by atoms with Crippen molar-refractivity contribution in [3.63, 3.8) is 0 Å². The topological polar surface area (TPSA) is 78.1 Å². The van der Waals surface area contributed by atoms with E-state index >= 15 is 0 Å². The van der Waals surface area contributed by atoms with Crippen LogP contribution in [0.1, 0.15) is 18.1 Å². The zero-order valence-electron chi connectivity index (χ0n) is 15.6. The monoisotopic (exact) mass is 357 g/mol. The number of nitrogens with two attached hydrogens (primary N) is 1. The molecule has 0 saturated carbocycles. The molecule has 2 rings (SSSR count). The van der Waals surface area contributed by atoms with E-state index in [2.05, 4.69) is 10.3 Å². The maximum absolute atomic E-state index is 5.95. The van der Waals surface area contributed by atoms with Crippen LogP contribution in [0.2, 0.25) is 0 Å². The Morgan fingerprint density at radius 1 is 1.04 bits per heavy atom. The highest BCUT2D eigenvalue weighted by atomic mass is 16.5. The number of rotatable bonds is 9. The Hall–Kier alpha value is -2.89. The molecule has 6 heteroatoms. The van der Waals surface area contributed by atoms with Crippen molar-refractivity contribution in [2.24, 2.45) is 10.7 Å². The van der Waals surface area contributed by atoms with Crippen LogP contribution in [0.25, 0.3) is 0 Å². The Labute approximate surface area is 155 Å². The number of guanidine groups is 1. The summed E-state index contributed by atoms with van der Waals surface area (Å²) in [6, 6.07) is 13.7. The van der Waals surface area contributed by atoms with Crippen molar-refractivity contribution in [1.82, 2.24) is 5.32 Å². The first-order valence-electron chi connectivity index (χ1n) is 8.62. The van der Waals surface area contributed by atoms with Crippen LogP contribution >= 0.6 is 0 Å². The number of aliphatic imine (C=N–C) groups is 1. The molecule has 3 N–H and O–H groups in total. The molecule has 0 bridgehead atoms. The highest BCUT2D eigenvalue weighted by Gasteiger charge is 2.04. The third-order valence-corrected chi connectivity index (χ3v) is 3.81. The summed E-state index contributed by atoms with van der Waals surface area (Å²) in [7, 11) is 3.26. The van der Waals surface area contributed by atoms with Crippen molar-refractivity contribution >= 4 is 5.96 Å². The molecule has 0 heterocycles. The molecule has 0 spiro atoms. The van der Waals surface area contributed by atoms with E-state index in [-0.39, 0.29) is 0 Å². The number of benzene rings is 2. The second-order valence-electron chi connectivity index (χ2n) is 5.65. The van der Waals surface area contributed by atoms with Gasteiger partial charge in [-0.15, -0.1) is 0 Å². The molecule has 0 saturated heterocycles. The quantitative estimate of drug-likeness (QED) is 0.533. The molecule has 0 aliphatic rings. The van der Waals surface area contributed by atoms with Crippen LogP contribution in [0.4, 0.5) is 0 Å². The summed E-state index contributed by atoms with van der Waals surface area (Å²) >= 11 is 0. The number of methoxy groups -OCH3 is 2. The van der Waals surface area contributed by atoms with Crippen molar-refractivity contribution in [2.45, 2.75) is 19.9 Å². The fourth-order valence-corrected chi connectivity index (χ4v) is 2.50. The van der Waals surface area contributed by atoms with Gasteiger partial charge in [0.15, 0.2) is 17.5 Å². The SMILES string of the molecule is CCOc1cccc(CN=C(N)NCCc2ccc(OC)c(OC)c2)c1. The van der Waals surface area contributed by atoms with Crippen LogP contribution in [-0.2, 0) is 13.0 Å². The average molecular weight is 357 g/mol. The highest BCUT2D eigenvalue weighted by molar-refractivity contribution is 5.77. The Morgan fingerprint density at radius 3 is 2.58 bits per heavy atom. The third kappa shape index (κ3) is 5.88. The largest absolute Gasteiger partial charge is 0.494 e. The highest BCUT2D eigenvalue weighted by Crippen LogP contribution is 2.27. The number of nitrogens with one attached hydrogen (secondary N) is 1. The molecule has 0 aromatic heterocycles. The second kappa shape index (κ2) is 10.2. The van der Waals surface area contributed by atoms with Crippen molar-refractivity contribution in [3.05, 3.63) is 53.6 Å². The molecule has 0 amide bonds. The van der Waals surface area contributed by atoms with Crippen LogP contribution in [0.3, 0.4) is 0 Å². The van der Waals surface area contributed by atoms with Gasteiger partial charge >= 0.3 is 0 Å². The molecule has 0 unspecified atom stereocenters. The third-order valence-electron chi connectivity index (χ3n) is 3.81. The standard InChI is InChI=1S/C20H27N3O3/c1-4-26-17-7-5-6-16(12-17)14-23-20(21)22-11-10-15-8-9-18(24-2)19(13-15)25-3/h5-9,12-13H,4,10-11,14H2,1-3H3,(H3,21,22,23). The van der Waals surface area contributed by atoms with E-state index in [0.29, 0.717) is 25.7 Å². The zero-order chi connectivity index (χ0) is 18.8. The van der Waals surface area contributed by atoms with Gasteiger partial charge in [-0.2, -0.15) is 0 Å². The van der Waals surface area contributed by atoms with Crippen molar-refractivity contribution < 1.29 is 14.2 Å². The molecule has 0 fully saturated rings. The average Bonchev–Trinajstić information content (AvgIpc) is 2.67. The van der Waals surface area contributed by atoms with E-state index in [9.17, 15) is 0 Å². The van der Waals surface area contributed by atoms with Crippen LogP contribution in [0.15, 0.2) is 47.5 Å². The minimum atomic E-state index is 0.423. The second-order valence-corrected chi connectivity index (χ2v) is 5.65. The van der Waals surface area contributed by atoms with Crippen LogP contribution in [-0.4, -0.2) is 33.3 Å². The molecular weight excluding hydrogens is 330 g/mol. The van der Waals surface area contributed by atoms with E-state index < -0.39 is 0 Å².